The van der Waals surface area contributed by atoms with E-state index in [1.54, 1.807) is 68.4 Å². The van der Waals surface area contributed by atoms with Gasteiger partial charge in [-0.25, -0.2) is 14.4 Å². The van der Waals surface area contributed by atoms with E-state index in [-0.39, 0.29) is 12.0 Å². The second-order valence-electron chi connectivity index (χ2n) is 11.5. The van der Waals surface area contributed by atoms with Gasteiger partial charge in [0.1, 0.15) is 22.8 Å². The van der Waals surface area contributed by atoms with E-state index in [2.05, 4.69) is 5.32 Å². The smallest absolute Gasteiger partial charge is 0.408 e. The van der Waals surface area contributed by atoms with Gasteiger partial charge in [0, 0.05) is 12.0 Å². The lowest BCUT2D eigenvalue weighted by atomic mass is 10.0. The number of alkyl carbamates (subject to hydrolysis) is 1. The predicted molar refractivity (Wildman–Crippen MR) is 138 cm³/mol. The Hall–Kier alpha value is -2.87. The molecule has 0 aliphatic heterocycles. The summed E-state index contributed by atoms with van der Waals surface area (Å²) < 4.78 is 22.1. The Balaban J connectivity index is 3.04. The number of hydrogen-bond donors (Lipinski definition) is 1. The molecule has 1 unspecified atom stereocenters. The zero-order valence-electron chi connectivity index (χ0n) is 23.2. The molecule has 0 saturated heterocycles. The highest BCUT2D eigenvalue weighted by molar-refractivity contribution is 5.91. The van der Waals surface area contributed by atoms with Crippen LogP contribution >= 0.6 is 0 Å². The van der Waals surface area contributed by atoms with E-state index in [4.69, 9.17) is 18.9 Å². The number of nitrogens with one attached hydrogen (secondary N) is 1. The van der Waals surface area contributed by atoms with Gasteiger partial charge in [0.2, 0.25) is 0 Å². The van der Waals surface area contributed by atoms with Gasteiger partial charge in [-0.1, -0.05) is 36.4 Å². The molecule has 0 bridgehead atoms. The average molecular weight is 506 g/mol. The molecule has 1 atom stereocenters. The number of carbonyl (C=O) groups excluding carboxylic acids is 3. The number of hydrogen-bond acceptors (Lipinski definition) is 7. The summed E-state index contributed by atoms with van der Waals surface area (Å²) in [6.45, 7) is 16.4. The molecular weight excluding hydrogens is 462 g/mol. The van der Waals surface area contributed by atoms with Crippen molar-refractivity contribution in [3.63, 3.8) is 0 Å². The summed E-state index contributed by atoms with van der Waals surface area (Å²) in [5, 5.41) is 2.55. The van der Waals surface area contributed by atoms with E-state index >= 15 is 0 Å². The van der Waals surface area contributed by atoms with Crippen molar-refractivity contribution in [1.82, 2.24) is 5.32 Å². The lowest BCUT2D eigenvalue weighted by Crippen LogP contribution is -2.46. The Bertz CT molecular complexity index is 887. The molecule has 8 heteroatoms. The summed E-state index contributed by atoms with van der Waals surface area (Å²) in [6, 6.07) is 8.60. The van der Waals surface area contributed by atoms with E-state index in [0.717, 1.165) is 5.56 Å². The zero-order chi connectivity index (χ0) is 27.6. The third-order valence-corrected chi connectivity index (χ3v) is 4.23. The van der Waals surface area contributed by atoms with Gasteiger partial charge in [0.15, 0.2) is 0 Å². The first-order valence-corrected chi connectivity index (χ1v) is 12.2. The number of carbonyl (C=O) groups is 3. The summed E-state index contributed by atoms with van der Waals surface area (Å²) in [6.07, 6.45) is 1.18. The van der Waals surface area contributed by atoms with Crippen molar-refractivity contribution in [3.05, 3.63) is 47.5 Å². The van der Waals surface area contributed by atoms with Gasteiger partial charge in [-0.2, -0.15) is 0 Å². The summed E-state index contributed by atoms with van der Waals surface area (Å²) in [5.41, 5.74) is -1.00. The number of esters is 2. The third-order valence-electron chi connectivity index (χ3n) is 4.23. The molecule has 8 nitrogen and oxygen atoms in total. The van der Waals surface area contributed by atoms with E-state index < -0.39 is 40.9 Å². The topological polar surface area (TPSA) is 100 Å². The van der Waals surface area contributed by atoms with Gasteiger partial charge in [-0.05, 0) is 74.3 Å². The molecule has 1 rings (SSSR count). The lowest BCUT2D eigenvalue weighted by Gasteiger charge is -2.27. The quantitative estimate of drug-likeness (QED) is 0.194. The Kier molecular flexibility index (Phi) is 11.6. The fourth-order valence-electron chi connectivity index (χ4n) is 2.91. The van der Waals surface area contributed by atoms with Crippen LogP contribution in [0.4, 0.5) is 4.79 Å². The van der Waals surface area contributed by atoms with E-state index in [1.807, 2.05) is 30.3 Å². The average Bonchev–Trinajstić information content (AvgIpc) is 2.68. The van der Waals surface area contributed by atoms with Crippen molar-refractivity contribution < 1.29 is 33.3 Å². The maximum absolute atomic E-state index is 13.0. The number of rotatable bonds is 10. The largest absolute Gasteiger partial charge is 0.458 e. The molecule has 0 spiro atoms. The van der Waals surface area contributed by atoms with Gasteiger partial charge >= 0.3 is 18.0 Å². The standard InChI is InChI=1S/C28H43NO7/c1-26(2,3)34-23(30)21(16-13-17-33-19-20-14-11-10-12-15-20)18-22(24(31)35-27(4,5)6)29-25(32)36-28(7,8)9/h10-12,14-16,22H,13,17-19H2,1-9H3,(H,29,32). The normalized spacial score (nSPS) is 13.5. The molecule has 1 aromatic rings. The van der Waals surface area contributed by atoms with Crippen molar-refractivity contribution in [2.45, 2.75) is 105 Å². The highest BCUT2D eigenvalue weighted by Gasteiger charge is 2.32. The Morgan fingerprint density at radius 2 is 1.39 bits per heavy atom. The maximum Gasteiger partial charge on any atom is 0.408 e. The monoisotopic (exact) mass is 505 g/mol. The molecular formula is C28H43NO7. The number of ether oxygens (including phenoxy) is 4. The molecule has 0 radical (unpaired) electrons. The lowest BCUT2D eigenvalue weighted by molar-refractivity contribution is -0.157. The number of amides is 1. The van der Waals surface area contributed by atoms with Crippen molar-refractivity contribution in [1.29, 1.82) is 0 Å². The first-order chi connectivity index (χ1) is 16.5. The van der Waals surface area contributed by atoms with Crippen molar-refractivity contribution in [2.75, 3.05) is 6.61 Å². The van der Waals surface area contributed by atoms with Gasteiger partial charge in [0.25, 0.3) is 0 Å². The number of benzene rings is 1. The van der Waals surface area contributed by atoms with E-state index in [0.29, 0.717) is 19.6 Å². The zero-order valence-corrected chi connectivity index (χ0v) is 23.2. The minimum absolute atomic E-state index is 0.123. The summed E-state index contributed by atoms with van der Waals surface area (Å²) in [4.78, 5) is 38.4. The third kappa shape index (κ3) is 14.5. The van der Waals surface area contributed by atoms with Crippen LogP contribution in [0.25, 0.3) is 0 Å². The minimum Gasteiger partial charge on any atom is -0.458 e. The van der Waals surface area contributed by atoms with Crippen LogP contribution in [0.2, 0.25) is 0 Å². The predicted octanol–water partition coefficient (Wildman–Crippen LogP) is 5.49. The second-order valence-corrected chi connectivity index (χ2v) is 11.5. The first kappa shape index (κ1) is 31.2. The van der Waals surface area contributed by atoms with Crippen LogP contribution in [-0.4, -0.2) is 47.5 Å². The second kappa shape index (κ2) is 13.4. The van der Waals surface area contributed by atoms with Crippen molar-refractivity contribution in [2.24, 2.45) is 0 Å². The molecule has 202 valence electrons. The van der Waals surface area contributed by atoms with Crippen LogP contribution in [0.3, 0.4) is 0 Å². The fraction of sp³-hybridized carbons (Fsp3) is 0.607. The summed E-state index contributed by atoms with van der Waals surface area (Å²) in [7, 11) is 0. The van der Waals surface area contributed by atoms with Crippen LogP contribution in [0.5, 0.6) is 0 Å². The first-order valence-electron chi connectivity index (χ1n) is 12.2. The molecule has 0 aliphatic rings. The van der Waals surface area contributed by atoms with Crippen LogP contribution in [0.15, 0.2) is 42.0 Å². The Labute approximate surface area is 215 Å². The molecule has 0 fully saturated rings. The van der Waals surface area contributed by atoms with Crippen molar-refractivity contribution in [3.8, 4) is 0 Å². The molecule has 0 heterocycles. The molecule has 1 amide bonds. The SMILES string of the molecule is CC(C)(C)OC(=O)NC(CC(=CCCOCc1ccccc1)C(=O)OC(C)(C)C)C(=O)OC(C)(C)C. The van der Waals surface area contributed by atoms with Gasteiger partial charge in [-0.3, -0.25) is 0 Å². The van der Waals surface area contributed by atoms with Gasteiger partial charge in [-0.15, -0.1) is 0 Å². The highest BCUT2D eigenvalue weighted by Crippen LogP contribution is 2.19. The molecule has 0 saturated carbocycles. The van der Waals surface area contributed by atoms with Crippen LogP contribution in [0.1, 0.15) is 80.7 Å². The van der Waals surface area contributed by atoms with E-state index in [9.17, 15) is 14.4 Å². The van der Waals surface area contributed by atoms with Gasteiger partial charge < -0.3 is 24.3 Å². The molecule has 0 aliphatic carbocycles. The Morgan fingerprint density at radius 3 is 1.92 bits per heavy atom. The molecule has 1 N–H and O–H groups in total. The highest BCUT2D eigenvalue weighted by atomic mass is 16.6. The van der Waals surface area contributed by atoms with Crippen LogP contribution in [-0.2, 0) is 35.1 Å². The molecule has 0 aromatic heterocycles. The Morgan fingerprint density at radius 1 is 0.833 bits per heavy atom. The fourth-order valence-corrected chi connectivity index (χ4v) is 2.91. The molecule has 1 aromatic carbocycles. The minimum atomic E-state index is -1.15. The summed E-state index contributed by atoms with van der Waals surface area (Å²) in [5.74, 6) is -1.26. The van der Waals surface area contributed by atoms with Crippen LogP contribution < -0.4 is 5.32 Å². The van der Waals surface area contributed by atoms with Crippen molar-refractivity contribution >= 4 is 18.0 Å². The molecule has 36 heavy (non-hydrogen) atoms. The summed E-state index contributed by atoms with van der Waals surface area (Å²) >= 11 is 0. The van der Waals surface area contributed by atoms with Gasteiger partial charge in [0.05, 0.1) is 13.2 Å². The maximum atomic E-state index is 13.0. The van der Waals surface area contributed by atoms with Crippen LogP contribution in [0, 0.1) is 0 Å². The van der Waals surface area contributed by atoms with E-state index in [1.165, 1.54) is 0 Å².